The number of rotatable bonds is 15. The Kier molecular flexibility index (Phi) is 16.0. The molecule has 3 heteroatoms. The standard InChI is InChI=1S/C17H36N2O/c1-3-5-6-7-8-9-10-11-12-13-14-15-17(20)19-18-16-4-2/h18H,3-16H2,1-2H3,(H,19,20). The number of amides is 1. The monoisotopic (exact) mass is 284 g/mol. The van der Waals surface area contributed by atoms with E-state index >= 15 is 0 Å². The summed E-state index contributed by atoms with van der Waals surface area (Å²) in [4.78, 5) is 11.4. The first-order valence-electron chi connectivity index (χ1n) is 8.83. The Bertz CT molecular complexity index is 207. The molecule has 0 spiro atoms. The Morgan fingerprint density at radius 2 is 1.20 bits per heavy atom. The molecule has 0 heterocycles. The largest absolute Gasteiger partial charge is 0.292 e. The Labute approximate surface area is 126 Å². The van der Waals surface area contributed by atoms with Crippen molar-refractivity contribution in [3.63, 3.8) is 0 Å². The Hall–Kier alpha value is -0.570. The summed E-state index contributed by atoms with van der Waals surface area (Å²) in [5, 5.41) is 0. The molecule has 0 rings (SSSR count). The lowest BCUT2D eigenvalue weighted by Crippen LogP contribution is -2.37. The van der Waals surface area contributed by atoms with E-state index in [4.69, 9.17) is 0 Å². The minimum absolute atomic E-state index is 0.134. The average Bonchev–Trinajstić information content (AvgIpc) is 2.45. The predicted octanol–water partition coefficient (Wildman–Crippen LogP) is 4.72. The molecule has 0 fully saturated rings. The number of hydrazine groups is 1. The highest BCUT2D eigenvalue weighted by Crippen LogP contribution is 2.11. The van der Waals surface area contributed by atoms with Gasteiger partial charge in [-0.05, 0) is 12.8 Å². The molecule has 3 nitrogen and oxygen atoms in total. The van der Waals surface area contributed by atoms with Crippen LogP contribution in [-0.2, 0) is 4.79 Å². The molecule has 0 aromatic rings. The third kappa shape index (κ3) is 15.5. The SMILES string of the molecule is CCCCCCCCCCCCCC(=O)NNCCC. The van der Waals surface area contributed by atoms with Gasteiger partial charge in [-0.2, -0.15) is 0 Å². The van der Waals surface area contributed by atoms with Crippen LogP contribution in [0.5, 0.6) is 0 Å². The third-order valence-corrected chi connectivity index (χ3v) is 3.61. The van der Waals surface area contributed by atoms with Gasteiger partial charge in [-0.1, -0.05) is 78.1 Å². The molecule has 0 aliphatic rings. The summed E-state index contributed by atoms with van der Waals surface area (Å²) < 4.78 is 0. The lowest BCUT2D eigenvalue weighted by atomic mass is 10.1. The van der Waals surface area contributed by atoms with Gasteiger partial charge in [-0.15, -0.1) is 0 Å². The van der Waals surface area contributed by atoms with Crippen molar-refractivity contribution in [2.24, 2.45) is 0 Å². The van der Waals surface area contributed by atoms with E-state index in [9.17, 15) is 4.79 Å². The highest BCUT2D eigenvalue weighted by atomic mass is 16.2. The van der Waals surface area contributed by atoms with Gasteiger partial charge in [0, 0.05) is 13.0 Å². The van der Waals surface area contributed by atoms with E-state index in [2.05, 4.69) is 24.7 Å². The fourth-order valence-corrected chi connectivity index (χ4v) is 2.30. The molecule has 0 aromatic carbocycles. The molecule has 0 saturated heterocycles. The van der Waals surface area contributed by atoms with Crippen molar-refractivity contribution in [2.45, 2.75) is 97.3 Å². The smallest absolute Gasteiger partial charge is 0.234 e. The van der Waals surface area contributed by atoms with Crippen LogP contribution in [0.1, 0.15) is 97.3 Å². The van der Waals surface area contributed by atoms with Crippen molar-refractivity contribution in [3.05, 3.63) is 0 Å². The molecule has 0 aromatic heterocycles. The highest BCUT2D eigenvalue weighted by Gasteiger charge is 1.99. The number of carbonyl (C=O) groups excluding carboxylic acids is 1. The van der Waals surface area contributed by atoms with Crippen molar-refractivity contribution < 1.29 is 4.79 Å². The molecule has 0 saturated carbocycles. The number of hydrogen-bond acceptors (Lipinski definition) is 2. The first-order chi connectivity index (χ1) is 9.81. The van der Waals surface area contributed by atoms with Gasteiger partial charge in [0.05, 0.1) is 0 Å². The van der Waals surface area contributed by atoms with Crippen LogP contribution in [-0.4, -0.2) is 12.5 Å². The van der Waals surface area contributed by atoms with Crippen LogP contribution in [0, 0.1) is 0 Å². The fraction of sp³-hybridized carbons (Fsp3) is 0.941. The third-order valence-electron chi connectivity index (χ3n) is 3.61. The Morgan fingerprint density at radius 1 is 0.700 bits per heavy atom. The summed E-state index contributed by atoms with van der Waals surface area (Å²) in [6, 6.07) is 0. The summed E-state index contributed by atoms with van der Waals surface area (Å²) in [5.41, 5.74) is 5.66. The van der Waals surface area contributed by atoms with Crippen LogP contribution in [0.25, 0.3) is 0 Å². The molecule has 0 aliphatic carbocycles. The van der Waals surface area contributed by atoms with E-state index in [1.54, 1.807) is 0 Å². The summed E-state index contributed by atoms with van der Waals surface area (Å²) in [5.74, 6) is 0.134. The minimum atomic E-state index is 0.134. The second-order valence-electron chi connectivity index (χ2n) is 5.76. The molecule has 0 radical (unpaired) electrons. The maximum absolute atomic E-state index is 11.4. The second-order valence-corrected chi connectivity index (χ2v) is 5.76. The zero-order valence-electron chi connectivity index (χ0n) is 13.8. The molecule has 0 aliphatic heterocycles. The number of hydrogen-bond donors (Lipinski definition) is 2. The van der Waals surface area contributed by atoms with Crippen LogP contribution >= 0.6 is 0 Å². The summed E-state index contributed by atoms with van der Waals surface area (Å²) in [6.07, 6.45) is 16.3. The van der Waals surface area contributed by atoms with Crippen LogP contribution in [0.3, 0.4) is 0 Å². The topological polar surface area (TPSA) is 41.1 Å². The average molecular weight is 284 g/mol. The van der Waals surface area contributed by atoms with Crippen molar-refractivity contribution >= 4 is 5.91 Å². The van der Waals surface area contributed by atoms with Crippen molar-refractivity contribution in [3.8, 4) is 0 Å². The first-order valence-corrected chi connectivity index (χ1v) is 8.83. The molecule has 120 valence electrons. The lowest BCUT2D eigenvalue weighted by molar-refractivity contribution is -0.122. The zero-order valence-corrected chi connectivity index (χ0v) is 13.8. The van der Waals surface area contributed by atoms with Gasteiger partial charge in [0.15, 0.2) is 0 Å². The van der Waals surface area contributed by atoms with E-state index in [0.717, 1.165) is 19.4 Å². The molecular weight excluding hydrogens is 248 g/mol. The minimum Gasteiger partial charge on any atom is -0.292 e. The van der Waals surface area contributed by atoms with Crippen LogP contribution in [0.4, 0.5) is 0 Å². The Morgan fingerprint density at radius 3 is 1.70 bits per heavy atom. The van der Waals surface area contributed by atoms with E-state index in [1.165, 1.54) is 64.2 Å². The zero-order chi connectivity index (χ0) is 14.9. The molecule has 0 bridgehead atoms. The van der Waals surface area contributed by atoms with Gasteiger partial charge in [-0.3, -0.25) is 10.2 Å². The molecule has 1 amide bonds. The molecule has 20 heavy (non-hydrogen) atoms. The normalized spacial score (nSPS) is 10.7. The van der Waals surface area contributed by atoms with Gasteiger partial charge in [0.25, 0.3) is 0 Å². The maximum atomic E-state index is 11.4. The van der Waals surface area contributed by atoms with Gasteiger partial charge < -0.3 is 0 Å². The van der Waals surface area contributed by atoms with Gasteiger partial charge in [0.1, 0.15) is 0 Å². The molecule has 0 atom stereocenters. The number of unbranched alkanes of at least 4 members (excludes halogenated alkanes) is 10. The number of carbonyl (C=O) groups is 1. The lowest BCUT2D eigenvalue weighted by Gasteiger charge is -2.05. The molecule has 2 N–H and O–H groups in total. The van der Waals surface area contributed by atoms with Crippen LogP contribution in [0.2, 0.25) is 0 Å². The maximum Gasteiger partial charge on any atom is 0.234 e. The fourth-order valence-electron chi connectivity index (χ4n) is 2.30. The summed E-state index contributed by atoms with van der Waals surface area (Å²) in [7, 11) is 0. The van der Waals surface area contributed by atoms with Gasteiger partial charge in [-0.25, -0.2) is 5.43 Å². The van der Waals surface area contributed by atoms with Crippen molar-refractivity contribution in [2.75, 3.05) is 6.54 Å². The quantitative estimate of drug-likeness (QED) is 0.337. The summed E-state index contributed by atoms with van der Waals surface area (Å²) in [6.45, 7) is 5.20. The van der Waals surface area contributed by atoms with Crippen molar-refractivity contribution in [1.82, 2.24) is 10.9 Å². The summed E-state index contributed by atoms with van der Waals surface area (Å²) >= 11 is 0. The second kappa shape index (κ2) is 16.5. The Balaban J connectivity index is 3.07. The first kappa shape index (κ1) is 19.4. The van der Waals surface area contributed by atoms with Crippen molar-refractivity contribution in [1.29, 1.82) is 0 Å². The van der Waals surface area contributed by atoms with E-state index < -0.39 is 0 Å². The van der Waals surface area contributed by atoms with Gasteiger partial charge in [0.2, 0.25) is 5.91 Å². The van der Waals surface area contributed by atoms with Crippen LogP contribution < -0.4 is 10.9 Å². The predicted molar refractivity (Wildman–Crippen MR) is 87.5 cm³/mol. The number of nitrogens with one attached hydrogen (secondary N) is 2. The van der Waals surface area contributed by atoms with E-state index in [-0.39, 0.29) is 5.91 Å². The van der Waals surface area contributed by atoms with Gasteiger partial charge >= 0.3 is 0 Å². The molecule has 0 unspecified atom stereocenters. The van der Waals surface area contributed by atoms with E-state index in [0.29, 0.717) is 6.42 Å². The van der Waals surface area contributed by atoms with E-state index in [1.807, 2.05) is 0 Å². The molecular formula is C17H36N2O. The van der Waals surface area contributed by atoms with Crippen LogP contribution in [0.15, 0.2) is 0 Å². The highest BCUT2D eigenvalue weighted by molar-refractivity contribution is 5.75.